The van der Waals surface area contributed by atoms with Crippen LogP contribution in [0.15, 0.2) is 0 Å². The van der Waals surface area contributed by atoms with Gasteiger partial charge in [-0.3, -0.25) is 0 Å². The molecule has 2 aliphatic heterocycles. The van der Waals surface area contributed by atoms with Crippen molar-refractivity contribution < 1.29 is 9.47 Å². The minimum atomic E-state index is 0.113. The molecule has 0 saturated carbocycles. The number of hydrogen-bond donors (Lipinski definition) is 1. The van der Waals surface area contributed by atoms with Gasteiger partial charge in [0.15, 0.2) is 0 Å². The SMILES string of the molecule is CCC(CC)C(C)NC1CCOC2(CCOCC2)C1. The number of nitrogens with one attached hydrogen (secondary N) is 1. The van der Waals surface area contributed by atoms with Crippen molar-refractivity contribution in [2.75, 3.05) is 19.8 Å². The molecule has 0 aliphatic carbocycles. The molecule has 112 valence electrons. The lowest BCUT2D eigenvalue weighted by molar-refractivity contribution is -0.141. The molecule has 1 spiro atoms. The highest BCUT2D eigenvalue weighted by Crippen LogP contribution is 2.34. The quantitative estimate of drug-likeness (QED) is 0.832. The Morgan fingerprint density at radius 1 is 1.16 bits per heavy atom. The Labute approximate surface area is 118 Å². The summed E-state index contributed by atoms with van der Waals surface area (Å²) in [6.45, 7) is 9.60. The van der Waals surface area contributed by atoms with Crippen molar-refractivity contribution >= 4 is 0 Å². The van der Waals surface area contributed by atoms with E-state index in [4.69, 9.17) is 9.47 Å². The molecule has 19 heavy (non-hydrogen) atoms. The number of hydrogen-bond acceptors (Lipinski definition) is 3. The van der Waals surface area contributed by atoms with E-state index in [1.54, 1.807) is 0 Å². The molecule has 3 nitrogen and oxygen atoms in total. The Morgan fingerprint density at radius 2 is 1.84 bits per heavy atom. The zero-order valence-electron chi connectivity index (χ0n) is 12.9. The molecule has 0 amide bonds. The fourth-order valence-electron chi connectivity index (χ4n) is 3.77. The average molecular weight is 269 g/mol. The largest absolute Gasteiger partial charge is 0.381 e. The van der Waals surface area contributed by atoms with Crippen LogP contribution >= 0.6 is 0 Å². The maximum absolute atomic E-state index is 6.11. The third-order valence-electron chi connectivity index (χ3n) is 5.15. The lowest BCUT2D eigenvalue weighted by atomic mass is 9.83. The fraction of sp³-hybridized carbons (Fsp3) is 1.00. The Hall–Kier alpha value is -0.120. The van der Waals surface area contributed by atoms with Crippen molar-refractivity contribution in [2.24, 2.45) is 5.92 Å². The van der Waals surface area contributed by atoms with Gasteiger partial charge in [0.1, 0.15) is 0 Å². The first-order valence-corrected chi connectivity index (χ1v) is 8.17. The van der Waals surface area contributed by atoms with E-state index in [0.29, 0.717) is 12.1 Å². The van der Waals surface area contributed by atoms with Crippen LogP contribution in [0.25, 0.3) is 0 Å². The first kappa shape index (κ1) is 15.3. The second kappa shape index (κ2) is 7.05. The molecule has 2 rings (SSSR count). The van der Waals surface area contributed by atoms with Crippen LogP contribution in [0.4, 0.5) is 0 Å². The zero-order valence-corrected chi connectivity index (χ0v) is 12.9. The van der Waals surface area contributed by atoms with Crippen LogP contribution in [0.3, 0.4) is 0 Å². The van der Waals surface area contributed by atoms with E-state index in [1.165, 1.54) is 19.3 Å². The van der Waals surface area contributed by atoms with Crippen LogP contribution in [-0.4, -0.2) is 37.5 Å². The summed E-state index contributed by atoms with van der Waals surface area (Å²) in [5, 5.41) is 3.87. The predicted octanol–water partition coefficient (Wildman–Crippen LogP) is 3.13. The predicted molar refractivity (Wildman–Crippen MR) is 78.4 cm³/mol. The second-order valence-corrected chi connectivity index (χ2v) is 6.37. The highest BCUT2D eigenvalue weighted by atomic mass is 16.5. The summed E-state index contributed by atoms with van der Waals surface area (Å²) >= 11 is 0. The smallest absolute Gasteiger partial charge is 0.0741 e. The molecule has 2 saturated heterocycles. The molecule has 2 aliphatic rings. The minimum absolute atomic E-state index is 0.113. The Bertz CT molecular complexity index is 254. The minimum Gasteiger partial charge on any atom is -0.381 e. The molecule has 0 radical (unpaired) electrons. The molecular weight excluding hydrogens is 238 g/mol. The first-order chi connectivity index (χ1) is 9.19. The van der Waals surface area contributed by atoms with Crippen LogP contribution in [-0.2, 0) is 9.47 Å². The third-order valence-corrected chi connectivity index (χ3v) is 5.15. The molecule has 2 heterocycles. The summed E-state index contributed by atoms with van der Waals surface area (Å²) in [5.41, 5.74) is 0.113. The molecule has 2 unspecified atom stereocenters. The Kier molecular flexibility index (Phi) is 5.67. The van der Waals surface area contributed by atoms with Crippen molar-refractivity contribution in [1.29, 1.82) is 0 Å². The monoisotopic (exact) mass is 269 g/mol. The van der Waals surface area contributed by atoms with E-state index in [1.807, 2.05) is 0 Å². The van der Waals surface area contributed by atoms with E-state index in [0.717, 1.165) is 45.0 Å². The van der Waals surface area contributed by atoms with Crippen molar-refractivity contribution in [1.82, 2.24) is 5.32 Å². The van der Waals surface area contributed by atoms with Crippen molar-refractivity contribution in [3.8, 4) is 0 Å². The van der Waals surface area contributed by atoms with Gasteiger partial charge in [0.25, 0.3) is 0 Å². The molecular formula is C16H31NO2. The van der Waals surface area contributed by atoms with Crippen molar-refractivity contribution in [3.05, 3.63) is 0 Å². The van der Waals surface area contributed by atoms with Crippen molar-refractivity contribution in [2.45, 2.75) is 77.0 Å². The van der Waals surface area contributed by atoms with Gasteiger partial charge in [-0.25, -0.2) is 0 Å². The Balaban J connectivity index is 1.86. The van der Waals surface area contributed by atoms with Crippen LogP contribution < -0.4 is 5.32 Å². The standard InChI is InChI=1S/C16H31NO2/c1-4-14(5-2)13(3)17-15-6-9-19-16(12-15)7-10-18-11-8-16/h13-15,17H,4-12H2,1-3H3. The summed E-state index contributed by atoms with van der Waals surface area (Å²) in [7, 11) is 0. The van der Waals surface area contributed by atoms with E-state index in [2.05, 4.69) is 26.1 Å². The highest BCUT2D eigenvalue weighted by molar-refractivity contribution is 4.92. The van der Waals surface area contributed by atoms with Gasteiger partial charge in [0.05, 0.1) is 5.60 Å². The molecule has 3 heteroatoms. The van der Waals surface area contributed by atoms with Gasteiger partial charge in [-0.1, -0.05) is 26.7 Å². The summed E-state index contributed by atoms with van der Waals surface area (Å²) in [5.74, 6) is 0.800. The molecule has 0 aromatic carbocycles. The maximum atomic E-state index is 6.11. The topological polar surface area (TPSA) is 30.5 Å². The third kappa shape index (κ3) is 3.93. The van der Waals surface area contributed by atoms with Gasteiger partial charge in [0.2, 0.25) is 0 Å². The molecule has 2 atom stereocenters. The van der Waals surface area contributed by atoms with Gasteiger partial charge in [-0.05, 0) is 38.5 Å². The summed E-state index contributed by atoms with van der Waals surface area (Å²) < 4.78 is 11.6. The van der Waals surface area contributed by atoms with Crippen LogP contribution in [0.2, 0.25) is 0 Å². The van der Waals surface area contributed by atoms with Crippen LogP contribution in [0.5, 0.6) is 0 Å². The lowest BCUT2D eigenvalue weighted by Gasteiger charge is -2.44. The zero-order chi connectivity index (χ0) is 13.7. The highest BCUT2D eigenvalue weighted by Gasteiger charge is 2.39. The molecule has 0 aromatic heterocycles. The van der Waals surface area contributed by atoms with Crippen LogP contribution in [0.1, 0.15) is 59.3 Å². The molecule has 1 N–H and O–H groups in total. The van der Waals surface area contributed by atoms with E-state index in [-0.39, 0.29) is 5.60 Å². The normalized spacial score (nSPS) is 28.7. The number of rotatable bonds is 5. The second-order valence-electron chi connectivity index (χ2n) is 6.37. The van der Waals surface area contributed by atoms with Gasteiger partial charge >= 0.3 is 0 Å². The lowest BCUT2D eigenvalue weighted by Crippen LogP contribution is -2.52. The molecule has 2 fully saturated rings. The van der Waals surface area contributed by atoms with E-state index in [9.17, 15) is 0 Å². The van der Waals surface area contributed by atoms with Gasteiger partial charge in [0, 0.05) is 31.9 Å². The molecule has 0 bridgehead atoms. The Morgan fingerprint density at radius 3 is 2.47 bits per heavy atom. The van der Waals surface area contributed by atoms with E-state index >= 15 is 0 Å². The van der Waals surface area contributed by atoms with Gasteiger partial charge < -0.3 is 14.8 Å². The summed E-state index contributed by atoms with van der Waals surface area (Å²) in [6, 6.07) is 1.25. The average Bonchev–Trinajstić information content (AvgIpc) is 2.41. The van der Waals surface area contributed by atoms with Gasteiger partial charge in [-0.2, -0.15) is 0 Å². The summed E-state index contributed by atoms with van der Waals surface area (Å²) in [4.78, 5) is 0. The van der Waals surface area contributed by atoms with E-state index < -0.39 is 0 Å². The maximum Gasteiger partial charge on any atom is 0.0741 e. The van der Waals surface area contributed by atoms with Crippen LogP contribution in [0, 0.1) is 5.92 Å². The van der Waals surface area contributed by atoms with Crippen molar-refractivity contribution in [3.63, 3.8) is 0 Å². The first-order valence-electron chi connectivity index (χ1n) is 8.17. The molecule has 0 aromatic rings. The number of ether oxygens (including phenoxy) is 2. The van der Waals surface area contributed by atoms with Gasteiger partial charge in [-0.15, -0.1) is 0 Å². The fourth-order valence-corrected chi connectivity index (χ4v) is 3.77. The summed E-state index contributed by atoms with van der Waals surface area (Å²) in [6.07, 6.45) is 7.02.